The molecule has 2 atom stereocenters. The zero-order chi connectivity index (χ0) is 15.1. The molecule has 1 N–H and O–H groups in total. The molecule has 1 aliphatic heterocycles. The number of halogens is 1. The van der Waals surface area contributed by atoms with E-state index in [1.807, 2.05) is 19.2 Å². The Morgan fingerprint density at radius 1 is 1.43 bits per heavy atom. The highest BCUT2D eigenvalue weighted by atomic mass is 35.5. The van der Waals surface area contributed by atoms with Gasteiger partial charge in [-0.3, -0.25) is 0 Å². The first-order chi connectivity index (χ1) is 10.2. The van der Waals surface area contributed by atoms with Crippen molar-refractivity contribution in [3.05, 3.63) is 34.9 Å². The maximum absolute atomic E-state index is 6.31. The zero-order valence-electron chi connectivity index (χ0n) is 13.1. The molecule has 0 bridgehead atoms. The van der Waals surface area contributed by atoms with Crippen molar-refractivity contribution in [1.29, 1.82) is 0 Å². The third-order valence-electron chi connectivity index (χ3n) is 4.23. The molecule has 1 fully saturated rings. The summed E-state index contributed by atoms with van der Waals surface area (Å²) in [7, 11) is 2.01. The maximum atomic E-state index is 6.31. The number of hydrogen-bond donors (Lipinski definition) is 1. The molecule has 0 aliphatic carbocycles. The van der Waals surface area contributed by atoms with Gasteiger partial charge in [0.2, 0.25) is 0 Å². The maximum Gasteiger partial charge on any atom is 0.0702 e. The van der Waals surface area contributed by atoms with E-state index in [1.54, 1.807) is 0 Å². The van der Waals surface area contributed by atoms with Crippen LogP contribution in [0.3, 0.4) is 0 Å². The molecule has 0 radical (unpaired) electrons. The Hall–Kier alpha value is -0.610. The van der Waals surface area contributed by atoms with Crippen LogP contribution < -0.4 is 5.32 Å². The largest absolute Gasteiger partial charge is 0.377 e. The van der Waals surface area contributed by atoms with Crippen LogP contribution in [0.15, 0.2) is 24.3 Å². The Morgan fingerprint density at radius 3 is 2.95 bits per heavy atom. The molecule has 118 valence electrons. The van der Waals surface area contributed by atoms with Crippen LogP contribution in [0.1, 0.15) is 37.8 Å². The van der Waals surface area contributed by atoms with Gasteiger partial charge in [0.05, 0.1) is 6.10 Å². The highest BCUT2D eigenvalue weighted by molar-refractivity contribution is 6.31. The van der Waals surface area contributed by atoms with Crippen molar-refractivity contribution in [2.45, 2.75) is 38.3 Å². The molecule has 1 aliphatic rings. The predicted molar refractivity (Wildman–Crippen MR) is 89.0 cm³/mol. The van der Waals surface area contributed by atoms with Gasteiger partial charge in [-0.25, -0.2) is 0 Å². The minimum atomic E-state index is 0.311. The van der Waals surface area contributed by atoms with E-state index in [9.17, 15) is 0 Å². The van der Waals surface area contributed by atoms with Gasteiger partial charge in [0.1, 0.15) is 0 Å². The Kier molecular flexibility index (Phi) is 6.97. The highest BCUT2D eigenvalue weighted by Gasteiger charge is 2.21. The number of rotatable bonds is 7. The summed E-state index contributed by atoms with van der Waals surface area (Å²) < 4.78 is 5.77. The van der Waals surface area contributed by atoms with Gasteiger partial charge >= 0.3 is 0 Å². The van der Waals surface area contributed by atoms with Crippen LogP contribution >= 0.6 is 11.6 Å². The third kappa shape index (κ3) is 4.96. The van der Waals surface area contributed by atoms with E-state index < -0.39 is 0 Å². The number of likely N-dealkylation sites (tertiary alicyclic amines) is 1. The number of nitrogens with zero attached hydrogens (tertiary/aromatic N) is 1. The second-order valence-corrected chi connectivity index (χ2v) is 6.08. The minimum absolute atomic E-state index is 0.311. The van der Waals surface area contributed by atoms with Crippen molar-refractivity contribution in [3.8, 4) is 0 Å². The molecule has 2 unspecified atom stereocenters. The van der Waals surface area contributed by atoms with Crippen LogP contribution in [0.4, 0.5) is 0 Å². The summed E-state index contributed by atoms with van der Waals surface area (Å²) in [6, 6.07) is 8.43. The summed E-state index contributed by atoms with van der Waals surface area (Å²) in [6.07, 6.45) is 3.92. The van der Waals surface area contributed by atoms with E-state index in [2.05, 4.69) is 29.3 Å². The van der Waals surface area contributed by atoms with Gasteiger partial charge in [-0.2, -0.15) is 0 Å². The average molecular weight is 311 g/mol. The molecule has 3 nitrogen and oxygen atoms in total. The Balaban J connectivity index is 1.87. The van der Waals surface area contributed by atoms with Gasteiger partial charge < -0.3 is 15.0 Å². The number of hydrogen-bond acceptors (Lipinski definition) is 3. The van der Waals surface area contributed by atoms with Crippen LogP contribution in [0.5, 0.6) is 0 Å². The first-order valence-corrected chi connectivity index (χ1v) is 8.38. The van der Waals surface area contributed by atoms with Crippen LogP contribution in [-0.4, -0.2) is 44.3 Å². The SMILES string of the molecule is CCOC1CCCN(CCC(NC)c2ccccc2Cl)C1. The third-order valence-corrected chi connectivity index (χ3v) is 4.57. The normalized spacial score (nSPS) is 21.4. The molecule has 0 aromatic heterocycles. The molecule has 21 heavy (non-hydrogen) atoms. The molecule has 1 saturated heterocycles. The van der Waals surface area contributed by atoms with Crippen LogP contribution in [0.25, 0.3) is 0 Å². The second kappa shape index (κ2) is 8.74. The summed E-state index contributed by atoms with van der Waals surface area (Å²) in [5, 5.41) is 4.24. The second-order valence-electron chi connectivity index (χ2n) is 5.67. The Labute approximate surface area is 133 Å². The van der Waals surface area contributed by atoms with E-state index in [-0.39, 0.29) is 0 Å². The fourth-order valence-corrected chi connectivity index (χ4v) is 3.38. The molecular formula is C17H27ClN2O. The predicted octanol–water partition coefficient (Wildman–Crippen LogP) is 3.49. The van der Waals surface area contributed by atoms with Gasteiger partial charge in [-0.1, -0.05) is 29.8 Å². The van der Waals surface area contributed by atoms with Gasteiger partial charge in [-0.05, 0) is 51.4 Å². The van der Waals surface area contributed by atoms with Gasteiger partial charge in [-0.15, -0.1) is 0 Å². The molecule has 0 amide bonds. The standard InChI is InChI=1S/C17H27ClN2O/c1-3-21-14-7-6-11-20(13-14)12-10-17(19-2)15-8-4-5-9-16(15)18/h4-5,8-9,14,17,19H,3,6-7,10-13H2,1-2H3. The first kappa shape index (κ1) is 16.8. The summed E-state index contributed by atoms with van der Waals surface area (Å²) in [6.45, 7) is 6.22. The molecule has 0 saturated carbocycles. The van der Waals surface area contributed by atoms with Gasteiger partial charge in [0.25, 0.3) is 0 Å². The molecule has 2 rings (SSSR count). The summed E-state index contributed by atoms with van der Waals surface area (Å²) in [5.41, 5.74) is 1.19. The van der Waals surface area contributed by atoms with E-state index in [4.69, 9.17) is 16.3 Å². The van der Waals surface area contributed by atoms with Crippen LogP contribution in [0, 0.1) is 0 Å². The first-order valence-electron chi connectivity index (χ1n) is 8.00. The number of ether oxygens (including phenoxy) is 1. The molecule has 1 aromatic carbocycles. The quantitative estimate of drug-likeness (QED) is 0.834. The van der Waals surface area contributed by atoms with Crippen molar-refractivity contribution in [3.63, 3.8) is 0 Å². The summed E-state index contributed by atoms with van der Waals surface area (Å²) in [5.74, 6) is 0. The monoisotopic (exact) mass is 310 g/mol. The van der Waals surface area contributed by atoms with E-state index >= 15 is 0 Å². The molecule has 1 heterocycles. The topological polar surface area (TPSA) is 24.5 Å². The smallest absolute Gasteiger partial charge is 0.0702 e. The lowest BCUT2D eigenvalue weighted by atomic mass is 10.0. The number of piperidine rings is 1. The van der Waals surface area contributed by atoms with E-state index in [0.717, 1.165) is 31.1 Å². The van der Waals surface area contributed by atoms with Crippen molar-refractivity contribution in [1.82, 2.24) is 10.2 Å². The highest BCUT2D eigenvalue weighted by Crippen LogP contribution is 2.25. The molecule has 1 aromatic rings. The van der Waals surface area contributed by atoms with Crippen molar-refractivity contribution < 1.29 is 4.74 Å². The fourth-order valence-electron chi connectivity index (χ4n) is 3.11. The molecule has 4 heteroatoms. The Bertz CT molecular complexity index is 425. The van der Waals surface area contributed by atoms with E-state index in [1.165, 1.54) is 24.9 Å². The van der Waals surface area contributed by atoms with Crippen molar-refractivity contribution in [2.75, 3.05) is 33.3 Å². The minimum Gasteiger partial charge on any atom is -0.377 e. The lowest BCUT2D eigenvalue weighted by molar-refractivity contribution is 0.00510. The molecule has 0 spiro atoms. The Morgan fingerprint density at radius 2 is 2.24 bits per heavy atom. The summed E-state index contributed by atoms with van der Waals surface area (Å²) >= 11 is 6.31. The van der Waals surface area contributed by atoms with Crippen molar-refractivity contribution >= 4 is 11.6 Å². The van der Waals surface area contributed by atoms with Crippen LogP contribution in [0.2, 0.25) is 5.02 Å². The van der Waals surface area contributed by atoms with Gasteiger partial charge in [0.15, 0.2) is 0 Å². The van der Waals surface area contributed by atoms with Crippen molar-refractivity contribution in [2.24, 2.45) is 0 Å². The number of benzene rings is 1. The molecular weight excluding hydrogens is 284 g/mol. The number of nitrogens with one attached hydrogen (secondary N) is 1. The van der Waals surface area contributed by atoms with Crippen LogP contribution in [-0.2, 0) is 4.74 Å². The lowest BCUT2D eigenvalue weighted by Crippen LogP contribution is -2.41. The van der Waals surface area contributed by atoms with Gasteiger partial charge in [0, 0.05) is 30.8 Å². The zero-order valence-corrected chi connectivity index (χ0v) is 13.9. The lowest BCUT2D eigenvalue weighted by Gasteiger charge is -2.33. The van der Waals surface area contributed by atoms with E-state index in [0.29, 0.717) is 12.1 Å². The fraction of sp³-hybridized carbons (Fsp3) is 0.647. The average Bonchev–Trinajstić information content (AvgIpc) is 2.50. The summed E-state index contributed by atoms with van der Waals surface area (Å²) in [4.78, 5) is 2.52.